The molecule has 21 heavy (non-hydrogen) atoms. The van der Waals surface area contributed by atoms with Gasteiger partial charge in [0.1, 0.15) is 11.6 Å². The molecule has 0 aromatic carbocycles. The molecule has 3 N–H and O–H groups in total. The van der Waals surface area contributed by atoms with Crippen molar-refractivity contribution in [2.45, 2.75) is 19.0 Å². The van der Waals surface area contributed by atoms with Crippen LogP contribution in [0.4, 0.5) is 24.8 Å². The SMILES string of the molecule is COCCOCCCCNc1cc(N)nc(C(F)(F)F)n1. The lowest BCUT2D eigenvalue weighted by atomic mass is 10.3. The number of alkyl halides is 3. The number of methoxy groups -OCH3 is 1. The zero-order chi connectivity index (χ0) is 15.7. The van der Waals surface area contributed by atoms with Crippen LogP contribution >= 0.6 is 0 Å². The summed E-state index contributed by atoms with van der Waals surface area (Å²) in [7, 11) is 1.59. The van der Waals surface area contributed by atoms with Gasteiger partial charge in [0, 0.05) is 26.3 Å². The van der Waals surface area contributed by atoms with E-state index >= 15 is 0 Å². The zero-order valence-electron chi connectivity index (χ0n) is 11.7. The van der Waals surface area contributed by atoms with Crippen molar-refractivity contribution < 1.29 is 22.6 Å². The summed E-state index contributed by atoms with van der Waals surface area (Å²) < 4.78 is 47.6. The summed E-state index contributed by atoms with van der Waals surface area (Å²) in [6, 6.07) is 1.27. The molecule has 0 spiro atoms. The van der Waals surface area contributed by atoms with Gasteiger partial charge in [-0.15, -0.1) is 0 Å². The molecule has 1 aromatic rings. The monoisotopic (exact) mass is 308 g/mol. The minimum absolute atomic E-state index is 0.0649. The maximum atomic E-state index is 12.5. The van der Waals surface area contributed by atoms with Crippen LogP contribution < -0.4 is 11.1 Å². The maximum Gasteiger partial charge on any atom is 0.451 e. The van der Waals surface area contributed by atoms with Crippen LogP contribution in [0, 0.1) is 0 Å². The third-order valence-electron chi connectivity index (χ3n) is 2.45. The molecular weight excluding hydrogens is 289 g/mol. The standard InChI is InChI=1S/C12H19F3N4O2/c1-20-6-7-21-5-3-2-4-17-10-8-9(16)18-11(19-10)12(13,14)15/h8H,2-7H2,1H3,(H3,16,17,18,19). The fourth-order valence-corrected chi connectivity index (χ4v) is 1.47. The van der Waals surface area contributed by atoms with Gasteiger partial charge in [0.05, 0.1) is 13.2 Å². The first-order valence-corrected chi connectivity index (χ1v) is 6.46. The molecule has 0 radical (unpaired) electrons. The van der Waals surface area contributed by atoms with Crippen molar-refractivity contribution in [3.8, 4) is 0 Å². The van der Waals surface area contributed by atoms with Crippen molar-refractivity contribution in [3.05, 3.63) is 11.9 Å². The Bertz CT molecular complexity index is 429. The molecule has 0 bridgehead atoms. The van der Waals surface area contributed by atoms with Gasteiger partial charge < -0.3 is 20.5 Å². The molecule has 0 aliphatic heterocycles. The van der Waals surface area contributed by atoms with Crippen LogP contribution in [0.2, 0.25) is 0 Å². The van der Waals surface area contributed by atoms with E-state index in [1.165, 1.54) is 6.07 Å². The van der Waals surface area contributed by atoms with Crippen LogP contribution in [0.25, 0.3) is 0 Å². The number of unbranched alkanes of at least 4 members (excludes halogenated alkanes) is 1. The molecule has 0 saturated heterocycles. The number of halogens is 3. The van der Waals surface area contributed by atoms with E-state index in [1.54, 1.807) is 7.11 Å². The van der Waals surface area contributed by atoms with Gasteiger partial charge in [-0.25, -0.2) is 9.97 Å². The Hall–Kier alpha value is -1.61. The predicted octanol–water partition coefficient (Wildman–Crippen LogP) is 1.93. The molecule has 1 rings (SSSR count). The minimum atomic E-state index is -4.61. The molecule has 9 heteroatoms. The first kappa shape index (κ1) is 17.4. The van der Waals surface area contributed by atoms with Crippen LogP contribution in [0.5, 0.6) is 0 Å². The molecule has 0 amide bonds. The highest BCUT2D eigenvalue weighted by atomic mass is 19.4. The summed E-state index contributed by atoms with van der Waals surface area (Å²) in [5.41, 5.74) is 5.33. The summed E-state index contributed by atoms with van der Waals surface area (Å²) in [4.78, 5) is 6.55. The maximum absolute atomic E-state index is 12.5. The van der Waals surface area contributed by atoms with E-state index in [-0.39, 0.29) is 11.6 Å². The average molecular weight is 308 g/mol. The van der Waals surface area contributed by atoms with Gasteiger partial charge in [-0.05, 0) is 12.8 Å². The Morgan fingerprint density at radius 2 is 1.95 bits per heavy atom. The number of aromatic nitrogens is 2. The normalized spacial score (nSPS) is 11.6. The van der Waals surface area contributed by atoms with Crippen LogP contribution in [-0.4, -0.2) is 43.4 Å². The number of anilines is 2. The van der Waals surface area contributed by atoms with Crippen LogP contribution in [-0.2, 0) is 15.7 Å². The molecule has 0 saturated carbocycles. The first-order valence-electron chi connectivity index (χ1n) is 6.46. The topological polar surface area (TPSA) is 82.3 Å². The number of nitrogens with zero attached hydrogens (tertiary/aromatic N) is 2. The fraction of sp³-hybridized carbons (Fsp3) is 0.667. The number of nitrogen functional groups attached to an aromatic ring is 1. The first-order chi connectivity index (χ1) is 9.93. The molecule has 0 aliphatic rings. The number of hydrogen-bond donors (Lipinski definition) is 2. The van der Waals surface area contributed by atoms with Gasteiger partial charge in [-0.1, -0.05) is 0 Å². The van der Waals surface area contributed by atoms with E-state index in [0.717, 1.165) is 12.8 Å². The second-order valence-corrected chi connectivity index (χ2v) is 4.24. The Labute approximate surface area is 120 Å². The summed E-state index contributed by atoms with van der Waals surface area (Å²) in [6.45, 7) is 2.12. The molecule has 120 valence electrons. The number of rotatable bonds is 9. The molecular formula is C12H19F3N4O2. The predicted molar refractivity (Wildman–Crippen MR) is 71.9 cm³/mol. The Kier molecular flexibility index (Phi) is 7.17. The lowest BCUT2D eigenvalue weighted by molar-refractivity contribution is -0.144. The molecule has 6 nitrogen and oxygen atoms in total. The van der Waals surface area contributed by atoms with Crippen molar-refractivity contribution in [1.82, 2.24) is 9.97 Å². The van der Waals surface area contributed by atoms with Gasteiger partial charge in [0.25, 0.3) is 0 Å². The van der Waals surface area contributed by atoms with Crippen molar-refractivity contribution >= 4 is 11.6 Å². The van der Waals surface area contributed by atoms with Gasteiger partial charge in [-0.3, -0.25) is 0 Å². The van der Waals surface area contributed by atoms with E-state index in [4.69, 9.17) is 15.2 Å². The average Bonchev–Trinajstić information content (AvgIpc) is 2.40. The third-order valence-corrected chi connectivity index (χ3v) is 2.45. The van der Waals surface area contributed by atoms with Crippen molar-refractivity contribution in [1.29, 1.82) is 0 Å². The van der Waals surface area contributed by atoms with Gasteiger partial charge in [0.2, 0.25) is 5.82 Å². The summed E-state index contributed by atoms with van der Waals surface area (Å²) in [5.74, 6) is -1.40. The summed E-state index contributed by atoms with van der Waals surface area (Å²) >= 11 is 0. The molecule has 0 fully saturated rings. The van der Waals surface area contributed by atoms with E-state index in [0.29, 0.717) is 26.4 Å². The molecule has 1 aromatic heterocycles. The number of ether oxygens (including phenoxy) is 2. The zero-order valence-corrected chi connectivity index (χ0v) is 11.7. The quantitative estimate of drug-likeness (QED) is 0.678. The van der Waals surface area contributed by atoms with E-state index in [1.807, 2.05) is 0 Å². The lowest BCUT2D eigenvalue weighted by Crippen LogP contribution is -2.15. The highest BCUT2D eigenvalue weighted by Crippen LogP contribution is 2.27. The summed E-state index contributed by atoms with van der Waals surface area (Å²) in [5, 5.41) is 2.79. The number of nitrogens with two attached hydrogens (primary N) is 1. The molecule has 1 heterocycles. The number of hydrogen-bond acceptors (Lipinski definition) is 6. The minimum Gasteiger partial charge on any atom is -0.384 e. The summed E-state index contributed by atoms with van der Waals surface area (Å²) in [6.07, 6.45) is -3.09. The Balaban J connectivity index is 2.31. The van der Waals surface area contributed by atoms with E-state index < -0.39 is 12.0 Å². The highest BCUT2D eigenvalue weighted by molar-refractivity contribution is 5.44. The highest BCUT2D eigenvalue weighted by Gasteiger charge is 2.35. The molecule has 0 aliphatic carbocycles. The Morgan fingerprint density at radius 1 is 1.19 bits per heavy atom. The van der Waals surface area contributed by atoms with Crippen LogP contribution in [0.3, 0.4) is 0 Å². The Morgan fingerprint density at radius 3 is 2.62 bits per heavy atom. The number of nitrogens with one attached hydrogen (secondary N) is 1. The van der Waals surface area contributed by atoms with E-state index in [2.05, 4.69) is 15.3 Å². The second-order valence-electron chi connectivity index (χ2n) is 4.24. The van der Waals surface area contributed by atoms with Crippen molar-refractivity contribution in [3.63, 3.8) is 0 Å². The van der Waals surface area contributed by atoms with Gasteiger partial charge in [-0.2, -0.15) is 13.2 Å². The second kappa shape index (κ2) is 8.63. The van der Waals surface area contributed by atoms with Crippen LogP contribution in [0.1, 0.15) is 18.7 Å². The van der Waals surface area contributed by atoms with Gasteiger partial charge in [0.15, 0.2) is 0 Å². The molecule has 0 atom stereocenters. The largest absolute Gasteiger partial charge is 0.451 e. The molecule has 0 unspecified atom stereocenters. The third kappa shape index (κ3) is 7.09. The van der Waals surface area contributed by atoms with E-state index in [9.17, 15) is 13.2 Å². The van der Waals surface area contributed by atoms with Gasteiger partial charge >= 0.3 is 6.18 Å². The lowest BCUT2D eigenvalue weighted by Gasteiger charge is -2.10. The fourth-order valence-electron chi connectivity index (χ4n) is 1.47. The van der Waals surface area contributed by atoms with Crippen molar-refractivity contribution in [2.75, 3.05) is 44.5 Å². The van der Waals surface area contributed by atoms with Crippen LogP contribution in [0.15, 0.2) is 6.07 Å². The van der Waals surface area contributed by atoms with Crippen molar-refractivity contribution in [2.24, 2.45) is 0 Å². The smallest absolute Gasteiger partial charge is 0.384 e.